The van der Waals surface area contributed by atoms with E-state index in [1.807, 2.05) is 36.4 Å². The highest BCUT2D eigenvalue weighted by atomic mass is 35.5. The fraction of sp³-hybridized carbons (Fsp3) is 0.250. The van der Waals surface area contributed by atoms with E-state index >= 15 is 0 Å². The normalized spacial score (nSPS) is 14.0. The van der Waals surface area contributed by atoms with Crippen LogP contribution in [0.2, 0.25) is 5.02 Å². The molecule has 0 bridgehead atoms. The molecule has 0 saturated carbocycles. The highest BCUT2D eigenvalue weighted by Crippen LogP contribution is 2.29. The zero-order valence-corrected chi connectivity index (χ0v) is 16.7. The Balaban J connectivity index is 1.43. The lowest BCUT2D eigenvalue weighted by Gasteiger charge is -2.36. The Labute approximate surface area is 173 Å². The van der Waals surface area contributed by atoms with Crippen molar-refractivity contribution < 1.29 is 9.53 Å². The van der Waals surface area contributed by atoms with E-state index in [0.717, 1.165) is 17.1 Å². The van der Waals surface area contributed by atoms with Crippen molar-refractivity contribution in [2.75, 3.05) is 43.5 Å². The highest BCUT2D eigenvalue weighted by Gasteiger charge is 2.27. The van der Waals surface area contributed by atoms with Gasteiger partial charge in [-0.2, -0.15) is 5.21 Å². The molecule has 2 heterocycles. The number of nitrogens with one attached hydrogen (secondary N) is 2. The van der Waals surface area contributed by atoms with Crippen LogP contribution in [0.5, 0.6) is 5.75 Å². The van der Waals surface area contributed by atoms with Crippen LogP contribution in [0.3, 0.4) is 0 Å². The maximum Gasteiger partial charge on any atom is 0.278 e. The standard InChI is InChI=1S/C20H21ClN6O2/c1-29-17-8-3-2-7-16(17)26-9-11-27(12-10-26)20(28)18-19(24-25-23-18)22-15-6-4-5-14(21)13-15/h2-8,13H,9-12H2,1H3,(H2,22,23,24,25). The topological polar surface area (TPSA) is 86.4 Å². The second-order valence-electron chi connectivity index (χ2n) is 6.61. The van der Waals surface area contributed by atoms with E-state index in [4.69, 9.17) is 16.3 Å². The first kappa shape index (κ1) is 19.1. The Morgan fingerprint density at radius 3 is 2.66 bits per heavy atom. The molecular weight excluding hydrogens is 392 g/mol. The van der Waals surface area contributed by atoms with E-state index in [1.165, 1.54) is 0 Å². The molecule has 1 aromatic heterocycles. The average Bonchev–Trinajstić information content (AvgIpc) is 3.21. The molecule has 3 aromatic rings. The van der Waals surface area contributed by atoms with Gasteiger partial charge in [-0.25, -0.2) is 0 Å². The van der Waals surface area contributed by atoms with Crippen LogP contribution in [0, 0.1) is 0 Å². The number of aromatic amines is 1. The quantitative estimate of drug-likeness (QED) is 0.669. The summed E-state index contributed by atoms with van der Waals surface area (Å²) in [5, 5.41) is 14.4. The largest absolute Gasteiger partial charge is 0.495 e. The number of ether oxygens (including phenoxy) is 1. The second-order valence-corrected chi connectivity index (χ2v) is 7.04. The van der Waals surface area contributed by atoms with Gasteiger partial charge in [0.25, 0.3) is 5.91 Å². The number of piperazine rings is 1. The lowest BCUT2D eigenvalue weighted by atomic mass is 10.2. The van der Waals surface area contributed by atoms with Gasteiger partial charge in [0.15, 0.2) is 11.5 Å². The first-order chi connectivity index (χ1) is 14.2. The van der Waals surface area contributed by atoms with Gasteiger partial charge < -0.3 is 19.9 Å². The molecular formula is C20H21ClN6O2. The molecule has 29 heavy (non-hydrogen) atoms. The molecule has 4 rings (SSSR count). The van der Waals surface area contributed by atoms with Crippen LogP contribution in [0.25, 0.3) is 0 Å². The number of carbonyl (C=O) groups excluding carboxylic acids is 1. The Morgan fingerprint density at radius 1 is 1.10 bits per heavy atom. The van der Waals surface area contributed by atoms with Gasteiger partial charge in [0.05, 0.1) is 12.8 Å². The molecule has 150 valence electrons. The average molecular weight is 413 g/mol. The minimum Gasteiger partial charge on any atom is -0.495 e. The van der Waals surface area contributed by atoms with Crippen molar-refractivity contribution in [3.63, 3.8) is 0 Å². The molecule has 0 spiro atoms. The number of benzene rings is 2. The Bertz CT molecular complexity index is 1000. The summed E-state index contributed by atoms with van der Waals surface area (Å²) < 4.78 is 5.45. The fourth-order valence-corrected chi connectivity index (χ4v) is 3.55. The molecule has 0 atom stereocenters. The molecule has 1 fully saturated rings. The number of methoxy groups -OCH3 is 1. The number of para-hydroxylation sites is 2. The molecule has 1 saturated heterocycles. The Hall–Kier alpha value is -3.26. The van der Waals surface area contributed by atoms with Gasteiger partial charge in [0.2, 0.25) is 0 Å². The van der Waals surface area contributed by atoms with E-state index < -0.39 is 0 Å². The first-order valence-corrected chi connectivity index (χ1v) is 9.64. The molecule has 1 aliphatic heterocycles. The van der Waals surface area contributed by atoms with Crippen molar-refractivity contribution in [1.82, 2.24) is 20.3 Å². The predicted molar refractivity (Wildman–Crippen MR) is 112 cm³/mol. The van der Waals surface area contributed by atoms with E-state index in [-0.39, 0.29) is 11.6 Å². The molecule has 1 aliphatic rings. The number of nitrogens with zero attached hydrogens (tertiary/aromatic N) is 4. The summed E-state index contributed by atoms with van der Waals surface area (Å²) in [6.45, 7) is 2.59. The highest BCUT2D eigenvalue weighted by molar-refractivity contribution is 6.30. The van der Waals surface area contributed by atoms with Crippen molar-refractivity contribution >= 4 is 34.7 Å². The molecule has 8 nitrogen and oxygen atoms in total. The number of carbonyl (C=O) groups is 1. The third-order valence-corrected chi connectivity index (χ3v) is 5.07. The van der Waals surface area contributed by atoms with Crippen molar-refractivity contribution in [3.8, 4) is 5.75 Å². The number of hydrogen-bond acceptors (Lipinski definition) is 6. The molecule has 9 heteroatoms. The van der Waals surface area contributed by atoms with Gasteiger partial charge in [-0.1, -0.05) is 29.8 Å². The minimum absolute atomic E-state index is 0.164. The molecule has 1 amide bonds. The van der Waals surface area contributed by atoms with Gasteiger partial charge in [0, 0.05) is 36.9 Å². The SMILES string of the molecule is COc1ccccc1N1CCN(C(=O)c2n[nH]nc2Nc2cccc(Cl)c2)CC1. The van der Waals surface area contributed by atoms with Crippen LogP contribution in [0.1, 0.15) is 10.5 Å². The number of halogens is 1. The summed E-state index contributed by atoms with van der Waals surface area (Å²) >= 11 is 6.02. The van der Waals surface area contributed by atoms with Gasteiger partial charge in [-0.3, -0.25) is 4.79 Å². The smallest absolute Gasteiger partial charge is 0.278 e. The maximum atomic E-state index is 13.0. The Kier molecular flexibility index (Phi) is 5.53. The van der Waals surface area contributed by atoms with Gasteiger partial charge in [-0.05, 0) is 30.3 Å². The molecule has 2 aromatic carbocycles. The molecule has 0 unspecified atom stereocenters. The van der Waals surface area contributed by atoms with Crippen LogP contribution in [0.15, 0.2) is 48.5 Å². The molecule has 2 N–H and O–H groups in total. The van der Waals surface area contributed by atoms with Crippen LogP contribution in [-0.4, -0.2) is 59.5 Å². The van der Waals surface area contributed by atoms with Crippen molar-refractivity contribution in [3.05, 3.63) is 59.2 Å². The number of rotatable bonds is 5. The lowest BCUT2D eigenvalue weighted by molar-refractivity contribution is 0.0741. The fourth-order valence-electron chi connectivity index (χ4n) is 3.36. The number of anilines is 3. The molecule has 0 radical (unpaired) electrons. The summed E-state index contributed by atoms with van der Waals surface area (Å²) in [4.78, 5) is 17.0. The maximum absolute atomic E-state index is 13.0. The zero-order chi connectivity index (χ0) is 20.2. The van der Waals surface area contributed by atoms with Gasteiger partial charge in [-0.15, -0.1) is 10.2 Å². The predicted octanol–water partition coefficient (Wildman–Crippen LogP) is 3.17. The van der Waals surface area contributed by atoms with Crippen LogP contribution >= 0.6 is 11.6 Å². The third-order valence-electron chi connectivity index (χ3n) is 4.83. The van der Waals surface area contributed by atoms with Crippen LogP contribution < -0.4 is 15.0 Å². The number of H-pyrrole nitrogens is 1. The third kappa shape index (κ3) is 4.12. The van der Waals surface area contributed by atoms with Crippen molar-refractivity contribution in [2.24, 2.45) is 0 Å². The van der Waals surface area contributed by atoms with E-state index in [0.29, 0.717) is 37.0 Å². The van der Waals surface area contributed by atoms with Crippen molar-refractivity contribution in [1.29, 1.82) is 0 Å². The monoisotopic (exact) mass is 412 g/mol. The number of aromatic nitrogens is 3. The van der Waals surface area contributed by atoms with E-state index in [2.05, 4.69) is 25.6 Å². The summed E-state index contributed by atoms with van der Waals surface area (Å²) in [6, 6.07) is 15.1. The van der Waals surface area contributed by atoms with E-state index in [1.54, 1.807) is 24.1 Å². The summed E-state index contributed by atoms with van der Waals surface area (Å²) in [6.07, 6.45) is 0. The summed E-state index contributed by atoms with van der Waals surface area (Å²) in [7, 11) is 1.66. The Morgan fingerprint density at radius 2 is 1.90 bits per heavy atom. The lowest BCUT2D eigenvalue weighted by Crippen LogP contribution is -2.49. The summed E-state index contributed by atoms with van der Waals surface area (Å²) in [5.74, 6) is 1.05. The minimum atomic E-state index is -0.164. The number of hydrogen-bond donors (Lipinski definition) is 2. The zero-order valence-electron chi connectivity index (χ0n) is 15.9. The first-order valence-electron chi connectivity index (χ1n) is 9.26. The van der Waals surface area contributed by atoms with Crippen LogP contribution in [-0.2, 0) is 0 Å². The molecule has 0 aliphatic carbocycles. The van der Waals surface area contributed by atoms with E-state index in [9.17, 15) is 4.79 Å². The second kappa shape index (κ2) is 8.40. The summed E-state index contributed by atoms with van der Waals surface area (Å²) in [5.41, 5.74) is 2.03. The van der Waals surface area contributed by atoms with Crippen molar-refractivity contribution in [2.45, 2.75) is 0 Å². The van der Waals surface area contributed by atoms with Gasteiger partial charge >= 0.3 is 0 Å². The van der Waals surface area contributed by atoms with Crippen LogP contribution in [0.4, 0.5) is 17.2 Å². The number of amides is 1. The van der Waals surface area contributed by atoms with Gasteiger partial charge in [0.1, 0.15) is 5.75 Å².